The van der Waals surface area contributed by atoms with Crippen LogP contribution in [0.25, 0.3) is 0 Å². The van der Waals surface area contributed by atoms with Gasteiger partial charge in [-0.05, 0) is 19.1 Å². The molecule has 0 aliphatic rings. The summed E-state index contributed by atoms with van der Waals surface area (Å²) in [7, 11) is 0. The van der Waals surface area contributed by atoms with Gasteiger partial charge in [-0.3, -0.25) is 19.7 Å². The number of nitrogens with one attached hydrogen (secondary N) is 2. The number of rotatable bonds is 5. The largest absolute Gasteiger partial charge is 0.360 e. The normalized spacial score (nSPS) is 10.3. The summed E-state index contributed by atoms with van der Waals surface area (Å²) in [6.07, 6.45) is 0. The van der Waals surface area contributed by atoms with Crippen molar-refractivity contribution in [1.29, 1.82) is 0 Å². The molecule has 0 bridgehead atoms. The number of ketones is 1. The van der Waals surface area contributed by atoms with E-state index in [9.17, 15) is 14.4 Å². The summed E-state index contributed by atoms with van der Waals surface area (Å²) >= 11 is 1.27. The van der Waals surface area contributed by atoms with E-state index >= 15 is 0 Å². The van der Waals surface area contributed by atoms with E-state index in [-0.39, 0.29) is 18.1 Å². The Hall–Kier alpha value is -3.26. The van der Waals surface area contributed by atoms with Gasteiger partial charge in [0.15, 0.2) is 5.82 Å². The Morgan fingerprint density at radius 3 is 2.54 bits per heavy atom. The van der Waals surface area contributed by atoms with E-state index in [0.717, 1.165) is 4.88 Å². The Balaban J connectivity index is 1.55. The molecule has 3 aromatic rings. The van der Waals surface area contributed by atoms with Crippen LogP contribution >= 0.6 is 11.3 Å². The smallest absolute Gasteiger partial charge is 0.314 e. The fraction of sp³-hybridized carbons (Fsp3) is 0.111. The molecule has 2 N–H and O–H groups in total. The first-order valence-corrected chi connectivity index (χ1v) is 8.55. The maximum absolute atomic E-state index is 12.4. The molecule has 0 saturated carbocycles. The number of carbonyl (C=O) groups excluding carboxylic acids is 3. The molecule has 0 radical (unpaired) electrons. The van der Waals surface area contributed by atoms with Gasteiger partial charge in [-0.2, -0.15) is 0 Å². The minimum atomic E-state index is -0.838. The van der Waals surface area contributed by atoms with Crippen LogP contribution < -0.4 is 10.6 Å². The van der Waals surface area contributed by atoms with Gasteiger partial charge in [-0.1, -0.05) is 35.5 Å². The van der Waals surface area contributed by atoms with Crippen molar-refractivity contribution in [2.75, 3.05) is 5.32 Å². The summed E-state index contributed by atoms with van der Waals surface area (Å²) in [5, 5.41) is 8.43. The van der Waals surface area contributed by atoms with Gasteiger partial charge in [0.2, 0.25) is 5.78 Å². The molecule has 0 aliphatic heterocycles. The quantitative estimate of drug-likeness (QED) is 0.532. The first-order chi connectivity index (χ1) is 12.5. The lowest BCUT2D eigenvalue weighted by Gasteiger charge is -2.03. The molecule has 0 saturated heterocycles. The van der Waals surface area contributed by atoms with Crippen molar-refractivity contribution in [3.8, 4) is 0 Å². The number of nitrogens with zero attached hydrogens (tertiary/aromatic N) is 1. The second-order valence-corrected chi connectivity index (χ2v) is 6.59. The molecule has 132 valence electrons. The summed E-state index contributed by atoms with van der Waals surface area (Å²) in [4.78, 5) is 37.3. The second-order valence-electron chi connectivity index (χ2n) is 5.42. The molecule has 0 atom stereocenters. The monoisotopic (exact) mass is 369 g/mol. The van der Waals surface area contributed by atoms with Crippen molar-refractivity contribution in [1.82, 2.24) is 10.5 Å². The number of thiophene rings is 1. The van der Waals surface area contributed by atoms with Gasteiger partial charge in [0.25, 0.3) is 0 Å². The van der Waals surface area contributed by atoms with E-state index < -0.39 is 11.8 Å². The van der Waals surface area contributed by atoms with Crippen molar-refractivity contribution >= 4 is 34.8 Å². The summed E-state index contributed by atoms with van der Waals surface area (Å²) in [5.41, 5.74) is 0.604. The van der Waals surface area contributed by atoms with Crippen LogP contribution in [0.1, 0.15) is 25.9 Å². The summed E-state index contributed by atoms with van der Waals surface area (Å²) in [6.45, 7) is 1.82. The van der Waals surface area contributed by atoms with Gasteiger partial charge in [0.05, 0.1) is 11.4 Å². The van der Waals surface area contributed by atoms with Crippen molar-refractivity contribution in [2.45, 2.75) is 13.5 Å². The first kappa shape index (κ1) is 17.6. The van der Waals surface area contributed by atoms with Crippen LogP contribution in [-0.2, 0) is 16.1 Å². The summed E-state index contributed by atoms with van der Waals surface area (Å²) in [6, 6.07) is 13.9. The van der Waals surface area contributed by atoms with Crippen molar-refractivity contribution in [3.63, 3.8) is 0 Å². The third-order valence-electron chi connectivity index (χ3n) is 3.42. The molecule has 2 heterocycles. The minimum absolute atomic E-state index is 0.0766. The second kappa shape index (κ2) is 7.75. The van der Waals surface area contributed by atoms with Gasteiger partial charge < -0.3 is 9.84 Å². The minimum Gasteiger partial charge on any atom is -0.360 e. The number of amides is 2. The topological polar surface area (TPSA) is 101 Å². The predicted octanol–water partition coefficient (Wildman–Crippen LogP) is 2.53. The molecular weight excluding hydrogens is 354 g/mol. The molecule has 26 heavy (non-hydrogen) atoms. The Morgan fingerprint density at radius 1 is 1.08 bits per heavy atom. The van der Waals surface area contributed by atoms with Crippen molar-refractivity contribution < 1.29 is 18.9 Å². The van der Waals surface area contributed by atoms with Crippen LogP contribution in [0.2, 0.25) is 0 Å². The molecule has 2 amide bonds. The molecule has 3 rings (SSSR count). The highest BCUT2D eigenvalue weighted by atomic mass is 32.1. The maximum Gasteiger partial charge on any atom is 0.314 e. The van der Waals surface area contributed by atoms with Crippen LogP contribution in [0.3, 0.4) is 0 Å². The Kier molecular flexibility index (Phi) is 5.23. The zero-order valence-corrected chi connectivity index (χ0v) is 14.6. The highest BCUT2D eigenvalue weighted by Gasteiger charge is 2.16. The molecule has 8 heteroatoms. The summed E-state index contributed by atoms with van der Waals surface area (Å²) < 4.78 is 4.81. The third kappa shape index (κ3) is 4.22. The van der Waals surface area contributed by atoms with Crippen LogP contribution in [0.15, 0.2) is 53.1 Å². The fourth-order valence-electron chi connectivity index (χ4n) is 2.17. The highest BCUT2D eigenvalue weighted by Crippen LogP contribution is 2.20. The van der Waals surface area contributed by atoms with E-state index in [1.54, 1.807) is 43.3 Å². The zero-order chi connectivity index (χ0) is 18.5. The Bertz CT molecular complexity index is 946. The van der Waals surface area contributed by atoms with E-state index in [2.05, 4.69) is 15.8 Å². The number of benzene rings is 1. The maximum atomic E-state index is 12.4. The molecule has 2 aromatic heterocycles. The lowest BCUT2D eigenvalue weighted by molar-refractivity contribution is -0.136. The number of hydrogen-bond donors (Lipinski definition) is 2. The van der Waals surface area contributed by atoms with E-state index in [4.69, 9.17) is 4.52 Å². The van der Waals surface area contributed by atoms with Gasteiger partial charge >= 0.3 is 11.8 Å². The Labute approximate surface area is 153 Å². The van der Waals surface area contributed by atoms with Gasteiger partial charge in [-0.25, -0.2) is 0 Å². The van der Waals surface area contributed by atoms with E-state index in [1.807, 2.05) is 6.07 Å². The first-order valence-electron chi connectivity index (χ1n) is 7.74. The highest BCUT2D eigenvalue weighted by molar-refractivity contribution is 7.14. The number of carbonyl (C=O) groups is 3. The van der Waals surface area contributed by atoms with Gasteiger partial charge in [0.1, 0.15) is 5.76 Å². The van der Waals surface area contributed by atoms with Crippen LogP contribution in [-0.4, -0.2) is 22.8 Å². The average Bonchev–Trinajstić information content (AvgIpc) is 3.28. The van der Waals surface area contributed by atoms with Gasteiger partial charge in [-0.15, -0.1) is 11.3 Å². The van der Waals surface area contributed by atoms with E-state index in [0.29, 0.717) is 16.2 Å². The SMILES string of the molecule is Cc1cc(NC(=O)C(=O)NCc2ccc(C(=O)c3ccccc3)s2)no1. The molecule has 0 unspecified atom stereocenters. The molecule has 0 fully saturated rings. The molecule has 1 aromatic carbocycles. The molecular formula is C18H15N3O4S. The zero-order valence-electron chi connectivity index (χ0n) is 13.8. The Morgan fingerprint density at radius 2 is 1.85 bits per heavy atom. The number of aryl methyl sites for hydroxylation is 1. The predicted molar refractivity (Wildman–Crippen MR) is 95.9 cm³/mol. The third-order valence-corrected chi connectivity index (χ3v) is 4.50. The number of anilines is 1. The molecule has 0 aliphatic carbocycles. The number of hydrogen-bond acceptors (Lipinski definition) is 6. The van der Waals surface area contributed by atoms with Crippen LogP contribution in [0.4, 0.5) is 5.82 Å². The summed E-state index contributed by atoms with van der Waals surface area (Å²) in [5.74, 6) is -1.01. The standard InChI is InChI=1S/C18H15N3O4S/c1-11-9-15(21-25-11)20-18(24)17(23)19-10-13-7-8-14(26-13)16(22)12-5-3-2-4-6-12/h2-9H,10H2,1H3,(H,19,23)(H,20,21,24). The molecule has 7 nitrogen and oxygen atoms in total. The van der Waals surface area contributed by atoms with Crippen molar-refractivity contribution in [3.05, 3.63) is 69.6 Å². The average molecular weight is 369 g/mol. The lowest BCUT2D eigenvalue weighted by atomic mass is 10.1. The number of aromatic nitrogens is 1. The lowest BCUT2D eigenvalue weighted by Crippen LogP contribution is -2.34. The van der Waals surface area contributed by atoms with Crippen LogP contribution in [0.5, 0.6) is 0 Å². The van der Waals surface area contributed by atoms with Crippen LogP contribution in [0, 0.1) is 6.92 Å². The van der Waals surface area contributed by atoms with Gasteiger partial charge in [0, 0.05) is 16.5 Å². The fourth-order valence-corrected chi connectivity index (χ4v) is 3.08. The molecule has 0 spiro atoms. The van der Waals surface area contributed by atoms with E-state index in [1.165, 1.54) is 17.4 Å². The van der Waals surface area contributed by atoms with Crippen molar-refractivity contribution in [2.24, 2.45) is 0 Å².